The average molecular weight is 216 g/mol. The Morgan fingerprint density at radius 1 is 1.33 bits per heavy atom. The van der Waals surface area contributed by atoms with Crippen molar-refractivity contribution in [1.82, 2.24) is 10.2 Å². The van der Waals surface area contributed by atoms with Crippen LogP contribution in [0.1, 0.15) is 40.0 Å². The lowest BCUT2D eigenvalue weighted by atomic mass is 9.87. The van der Waals surface area contributed by atoms with Crippen LogP contribution in [-0.4, -0.2) is 42.8 Å². The van der Waals surface area contributed by atoms with E-state index in [4.69, 9.17) is 0 Å². The van der Waals surface area contributed by atoms with Gasteiger partial charge in [-0.2, -0.15) is 0 Å². The molecule has 15 heavy (non-hydrogen) atoms. The largest absolute Gasteiger partial charge is 0.311 e. The molecular formula is C12H25FN2. The molecule has 1 aliphatic rings. The third-order valence-electron chi connectivity index (χ3n) is 3.99. The second-order valence-electron chi connectivity index (χ2n) is 4.55. The summed E-state index contributed by atoms with van der Waals surface area (Å²) in [5.41, 5.74) is 0.192. The molecule has 1 atom stereocenters. The van der Waals surface area contributed by atoms with E-state index in [1.807, 2.05) is 0 Å². The van der Waals surface area contributed by atoms with Crippen molar-refractivity contribution in [1.29, 1.82) is 0 Å². The highest BCUT2D eigenvalue weighted by Gasteiger charge is 2.37. The van der Waals surface area contributed by atoms with Gasteiger partial charge in [-0.3, -0.25) is 4.90 Å². The Kier molecular flexibility index (Phi) is 5.00. The molecule has 1 aliphatic heterocycles. The molecule has 1 fully saturated rings. The van der Waals surface area contributed by atoms with E-state index in [9.17, 15) is 4.39 Å². The zero-order valence-electron chi connectivity index (χ0n) is 10.4. The minimum Gasteiger partial charge on any atom is -0.311 e. The smallest absolute Gasteiger partial charge is 0.102 e. The third kappa shape index (κ3) is 2.70. The monoisotopic (exact) mass is 216 g/mol. The van der Waals surface area contributed by atoms with Crippen molar-refractivity contribution in [2.75, 3.05) is 26.3 Å². The van der Waals surface area contributed by atoms with Crippen LogP contribution in [0, 0.1) is 0 Å². The number of alkyl halides is 1. The second kappa shape index (κ2) is 5.80. The van der Waals surface area contributed by atoms with Crippen LogP contribution < -0.4 is 5.32 Å². The minimum atomic E-state index is -0.224. The molecule has 0 radical (unpaired) electrons. The number of nitrogens with zero attached hydrogens (tertiary/aromatic N) is 1. The van der Waals surface area contributed by atoms with E-state index in [2.05, 4.69) is 31.0 Å². The SMILES string of the molecule is CCC1CN(CCF)C(CC)(CC)CN1. The number of rotatable bonds is 5. The van der Waals surface area contributed by atoms with Crippen molar-refractivity contribution >= 4 is 0 Å². The van der Waals surface area contributed by atoms with Crippen LogP contribution in [0.25, 0.3) is 0 Å². The van der Waals surface area contributed by atoms with Gasteiger partial charge in [0.25, 0.3) is 0 Å². The molecule has 0 spiro atoms. The molecule has 0 saturated carbocycles. The summed E-state index contributed by atoms with van der Waals surface area (Å²) in [5, 5.41) is 3.59. The highest BCUT2D eigenvalue weighted by molar-refractivity contribution is 4.97. The maximum absolute atomic E-state index is 12.6. The molecule has 0 aromatic heterocycles. The summed E-state index contributed by atoms with van der Waals surface area (Å²) in [5.74, 6) is 0. The lowest BCUT2D eigenvalue weighted by molar-refractivity contribution is 0.0264. The molecule has 1 rings (SSSR count). The fraction of sp³-hybridized carbons (Fsp3) is 1.00. The normalized spacial score (nSPS) is 26.8. The fourth-order valence-electron chi connectivity index (χ4n) is 2.62. The van der Waals surface area contributed by atoms with Crippen LogP contribution in [0.5, 0.6) is 0 Å². The molecule has 0 aliphatic carbocycles. The Morgan fingerprint density at radius 2 is 2.00 bits per heavy atom. The Bertz CT molecular complexity index is 180. The van der Waals surface area contributed by atoms with Crippen molar-refractivity contribution in [2.24, 2.45) is 0 Å². The minimum absolute atomic E-state index is 0.192. The lowest BCUT2D eigenvalue weighted by Crippen LogP contribution is -2.64. The van der Waals surface area contributed by atoms with Crippen LogP contribution in [0.3, 0.4) is 0 Å². The van der Waals surface area contributed by atoms with Crippen LogP contribution in [-0.2, 0) is 0 Å². The molecule has 1 saturated heterocycles. The first-order valence-corrected chi connectivity index (χ1v) is 6.26. The Hall–Kier alpha value is -0.150. The zero-order chi connectivity index (χ0) is 11.3. The van der Waals surface area contributed by atoms with E-state index in [1.54, 1.807) is 0 Å². The molecule has 1 N–H and O–H groups in total. The van der Waals surface area contributed by atoms with E-state index in [-0.39, 0.29) is 12.2 Å². The van der Waals surface area contributed by atoms with Crippen LogP contribution in [0.15, 0.2) is 0 Å². The third-order valence-corrected chi connectivity index (χ3v) is 3.99. The van der Waals surface area contributed by atoms with Gasteiger partial charge in [-0.05, 0) is 19.3 Å². The van der Waals surface area contributed by atoms with Crippen LogP contribution >= 0.6 is 0 Å². The molecule has 1 unspecified atom stereocenters. The highest BCUT2D eigenvalue weighted by atomic mass is 19.1. The summed E-state index contributed by atoms with van der Waals surface area (Å²) in [7, 11) is 0. The molecule has 90 valence electrons. The number of hydrogen-bond donors (Lipinski definition) is 1. The number of piperazine rings is 1. The van der Waals surface area contributed by atoms with E-state index in [0.717, 1.165) is 32.4 Å². The summed E-state index contributed by atoms with van der Waals surface area (Å²) < 4.78 is 12.6. The van der Waals surface area contributed by atoms with Crippen LogP contribution in [0.2, 0.25) is 0 Å². The number of hydrogen-bond acceptors (Lipinski definition) is 2. The summed E-state index contributed by atoms with van der Waals surface area (Å²) in [4.78, 5) is 2.36. The Labute approximate surface area is 93.2 Å². The van der Waals surface area contributed by atoms with E-state index in [0.29, 0.717) is 12.6 Å². The summed E-state index contributed by atoms with van der Waals surface area (Å²) in [6, 6.07) is 0.544. The summed E-state index contributed by atoms with van der Waals surface area (Å²) in [6.07, 6.45) is 3.34. The van der Waals surface area contributed by atoms with Gasteiger partial charge in [0.1, 0.15) is 6.67 Å². The molecule has 1 heterocycles. The van der Waals surface area contributed by atoms with E-state index >= 15 is 0 Å². The van der Waals surface area contributed by atoms with Crippen LogP contribution in [0.4, 0.5) is 4.39 Å². The molecule has 0 bridgehead atoms. The zero-order valence-corrected chi connectivity index (χ0v) is 10.4. The van der Waals surface area contributed by atoms with Crippen molar-refractivity contribution in [2.45, 2.75) is 51.6 Å². The predicted octanol–water partition coefficient (Wildman–Crippen LogP) is 2.20. The predicted molar refractivity (Wildman–Crippen MR) is 62.9 cm³/mol. The first-order valence-electron chi connectivity index (χ1n) is 6.26. The summed E-state index contributed by atoms with van der Waals surface area (Å²) >= 11 is 0. The number of nitrogens with one attached hydrogen (secondary N) is 1. The Balaban J connectivity index is 2.69. The van der Waals surface area contributed by atoms with Gasteiger partial charge in [-0.15, -0.1) is 0 Å². The summed E-state index contributed by atoms with van der Waals surface area (Å²) in [6.45, 7) is 9.00. The second-order valence-corrected chi connectivity index (χ2v) is 4.55. The standard InChI is InChI=1S/C12H25FN2/c1-4-11-9-15(8-7-13)12(5-2,6-3)10-14-11/h11,14H,4-10H2,1-3H3. The van der Waals surface area contributed by atoms with E-state index in [1.165, 1.54) is 0 Å². The first kappa shape index (κ1) is 12.9. The first-order chi connectivity index (χ1) is 7.22. The lowest BCUT2D eigenvalue weighted by Gasteiger charge is -2.49. The Morgan fingerprint density at radius 3 is 2.47 bits per heavy atom. The van der Waals surface area contributed by atoms with E-state index < -0.39 is 0 Å². The molecule has 0 aromatic rings. The van der Waals surface area contributed by atoms with Gasteiger partial charge in [0.2, 0.25) is 0 Å². The quantitative estimate of drug-likeness (QED) is 0.758. The number of halogens is 1. The molecule has 2 nitrogen and oxygen atoms in total. The molecule has 0 amide bonds. The average Bonchev–Trinajstić information content (AvgIpc) is 2.30. The highest BCUT2D eigenvalue weighted by Crippen LogP contribution is 2.27. The van der Waals surface area contributed by atoms with Gasteiger partial charge in [0.05, 0.1) is 0 Å². The van der Waals surface area contributed by atoms with Gasteiger partial charge < -0.3 is 5.32 Å². The van der Waals surface area contributed by atoms with Crippen molar-refractivity contribution < 1.29 is 4.39 Å². The fourth-order valence-corrected chi connectivity index (χ4v) is 2.62. The van der Waals surface area contributed by atoms with Gasteiger partial charge >= 0.3 is 0 Å². The molecule has 0 aromatic carbocycles. The molecular weight excluding hydrogens is 191 g/mol. The maximum atomic E-state index is 12.6. The van der Waals surface area contributed by atoms with Gasteiger partial charge in [-0.1, -0.05) is 20.8 Å². The van der Waals surface area contributed by atoms with Crippen molar-refractivity contribution in [3.05, 3.63) is 0 Å². The van der Waals surface area contributed by atoms with Gasteiger partial charge in [-0.25, -0.2) is 4.39 Å². The maximum Gasteiger partial charge on any atom is 0.102 e. The molecule has 3 heteroatoms. The topological polar surface area (TPSA) is 15.3 Å². The van der Waals surface area contributed by atoms with Gasteiger partial charge in [0.15, 0.2) is 0 Å². The van der Waals surface area contributed by atoms with Crippen molar-refractivity contribution in [3.8, 4) is 0 Å². The van der Waals surface area contributed by atoms with Crippen molar-refractivity contribution in [3.63, 3.8) is 0 Å². The van der Waals surface area contributed by atoms with Gasteiger partial charge in [0, 0.05) is 31.2 Å².